The second-order valence-corrected chi connectivity index (χ2v) is 8.22. The predicted molar refractivity (Wildman–Crippen MR) is 123 cm³/mol. The first-order valence-electron chi connectivity index (χ1n) is 10.9. The van der Waals surface area contributed by atoms with Gasteiger partial charge in [-0.15, -0.1) is 0 Å². The van der Waals surface area contributed by atoms with Crippen LogP contribution >= 0.6 is 0 Å². The molecule has 6 nitrogen and oxygen atoms in total. The van der Waals surface area contributed by atoms with Gasteiger partial charge in [0.15, 0.2) is 5.65 Å². The van der Waals surface area contributed by atoms with Gasteiger partial charge in [0, 0.05) is 29.8 Å². The average Bonchev–Trinajstić information content (AvgIpc) is 3.42. The number of nitrogens with zero attached hydrogens (tertiary/aromatic N) is 4. The maximum absolute atomic E-state index is 14.8. The third-order valence-electron chi connectivity index (χ3n) is 6.20. The van der Waals surface area contributed by atoms with Crippen LogP contribution in [0.1, 0.15) is 18.5 Å². The molecule has 3 heterocycles. The topological polar surface area (TPSA) is 62.9 Å². The van der Waals surface area contributed by atoms with Crippen molar-refractivity contribution in [3.05, 3.63) is 65.9 Å². The van der Waals surface area contributed by atoms with Gasteiger partial charge in [0.1, 0.15) is 23.2 Å². The van der Waals surface area contributed by atoms with Crippen LogP contribution in [0, 0.1) is 18.6 Å². The number of anilines is 1. The molecule has 1 N–H and O–H groups in total. The van der Waals surface area contributed by atoms with Gasteiger partial charge in [-0.25, -0.2) is 18.3 Å². The van der Waals surface area contributed by atoms with Crippen molar-refractivity contribution >= 4 is 11.5 Å². The summed E-state index contributed by atoms with van der Waals surface area (Å²) in [6.07, 6.45) is 1.82. The van der Waals surface area contributed by atoms with Crippen molar-refractivity contribution < 1.29 is 18.6 Å². The Bertz CT molecular complexity index is 1340. The summed E-state index contributed by atoms with van der Waals surface area (Å²) in [6.45, 7) is 2.58. The number of benzene rings is 2. The number of aryl methyl sites for hydroxylation is 1. The molecule has 170 valence electrons. The molecule has 0 aliphatic carbocycles. The zero-order chi connectivity index (χ0) is 23.1. The lowest BCUT2D eigenvalue weighted by Crippen LogP contribution is -2.32. The molecule has 4 aromatic rings. The first kappa shape index (κ1) is 21.3. The highest BCUT2D eigenvalue weighted by molar-refractivity contribution is 5.83. The number of hydrogen-bond donors (Lipinski definition) is 1. The fourth-order valence-electron chi connectivity index (χ4n) is 4.58. The Morgan fingerprint density at radius 1 is 1.15 bits per heavy atom. The minimum atomic E-state index is -0.669. The molecule has 1 saturated heterocycles. The molecular formula is C25H24F2N4O2. The van der Waals surface area contributed by atoms with Gasteiger partial charge in [-0.2, -0.15) is 5.10 Å². The molecule has 5 rings (SSSR count). The van der Waals surface area contributed by atoms with Gasteiger partial charge >= 0.3 is 0 Å². The van der Waals surface area contributed by atoms with Crippen LogP contribution in [0.15, 0.2) is 48.5 Å². The van der Waals surface area contributed by atoms with Crippen LogP contribution in [0.25, 0.3) is 28.0 Å². The van der Waals surface area contributed by atoms with Gasteiger partial charge in [-0.1, -0.05) is 12.1 Å². The molecule has 0 bridgehead atoms. The van der Waals surface area contributed by atoms with Gasteiger partial charge < -0.3 is 14.7 Å². The van der Waals surface area contributed by atoms with Crippen LogP contribution < -0.4 is 9.64 Å². The van der Waals surface area contributed by atoms with E-state index in [1.807, 2.05) is 30.3 Å². The third kappa shape index (κ3) is 3.70. The Morgan fingerprint density at radius 2 is 2.00 bits per heavy atom. The van der Waals surface area contributed by atoms with E-state index in [1.54, 1.807) is 18.5 Å². The predicted octanol–water partition coefficient (Wildman–Crippen LogP) is 4.62. The lowest BCUT2D eigenvalue weighted by atomic mass is 10.1. The van der Waals surface area contributed by atoms with E-state index in [4.69, 9.17) is 9.72 Å². The van der Waals surface area contributed by atoms with Crippen LogP contribution in [0.2, 0.25) is 0 Å². The van der Waals surface area contributed by atoms with E-state index in [1.165, 1.54) is 12.1 Å². The second-order valence-electron chi connectivity index (χ2n) is 8.22. The largest absolute Gasteiger partial charge is 0.497 e. The van der Waals surface area contributed by atoms with Crippen molar-refractivity contribution in [2.45, 2.75) is 25.8 Å². The van der Waals surface area contributed by atoms with E-state index in [0.29, 0.717) is 28.5 Å². The summed E-state index contributed by atoms with van der Waals surface area (Å²) < 4.78 is 35.5. The lowest BCUT2D eigenvalue weighted by Gasteiger charge is -2.25. The van der Waals surface area contributed by atoms with Crippen molar-refractivity contribution in [1.29, 1.82) is 0 Å². The molecule has 2 aromatic carbocycles. The summed E-state index contributed by atoms with van der Waals surface area (Å²) in [4.78, 5) is 6.95. The van der Waals surface area contributed by atoms with Crippen molar-refractivity contribution in [2.24, 2.45) is 0 Å². The summed E-state index contributed by atoms with van der Waals surface area (Å²) in [5, 5.41) is 14.6. The summed E-state index contributed by atoms with van der Waals surface area (Å²) in [6, 6.07) is 13.0. The molecule has 2 aromatic heterocycles. The maximum Gasteiger partial charge on any atom is 0.166 e. The highest BCUT2D eigenvalue weighted by Gasteiger charge is 2.28. The number of rotatable bonds is 5. The molecule has 1 fully saturated rings. The molecule has 1 unspecified atom stereocenters. The molecule has 33 heavy (non-hydrogen) atoms. The smallest absolute Gasteiger partial charge is 0.166 e. The Morgan fingerprint density at radius 3 is 2.76 bits per heavy atom. The number of aromatic nitrogens is 3. The van der Waals surface area contributed by atoms with Crippen LogP contribution in [0.5, 0.6) is 5.75 Å². The molecule has 8 heteroatoms. The normalized spacial score (nSPS) is 16.0. The molecule has 0 spiro atoms. The second kappa shape index (κ2) is 8.44. The minimum absolute atomic E-state index is 0.0269. The molecule has 0 amide bonds. The Hall–Kier alpha value is -3.52. The fraction of sp³-hybridized carbons (Fsp3) is 0.280. The van der Waals surface area contributed by atoms with E-state index in [2.05, 4.69) is 10.00 Å². The minimum Gasteiger partial charge on any atom is -0.497 e. The molecular weight excluding hydrogens is 426 g/mol. The molecule has 1 aliphatic heterocycles. The number of fused-ring (bicyclic) bond motifs is 1. The number of aliphatic hydroxyl groups is 1. The average molecular weight is 450 g/mol. The monoisotopic (exact) mass is 450 g/mol. The first-order chi connectivity index (χ1) is 16.0. The fourth-order valence-corrected chi connectivity index (χ4v) is 4.58. The molecule has 1 atom stereocenters. The van der Waals surface area contributed by atoms with Crippen molar-refractivity contribution in [3.8, 4) is 28.1 Å². The Balaban J connectivity index is 1.80. The SMILES string of the molecule is COc1cccc(-c2cc(N3CCCC3CO)nc3c(-c4ccc(F)cc4F)c(C)nn23)c1. The maximum atomic E-state index is 14.8. The van der Waals surface area contributed by atoms with E-state index in [-0.39, 0.29) is 18.2 Å². The van der Waals surface area contributed by atoms with Crippen LogP contribution in [0.3, 0.4) is 0 Å². The van der Waals surface area contributed by atoms with Gasteiger partial charge in [-0.05, 0) is 44.0 Å². The quantitative estimate of drug-likeness (QED) is 0.481. The summed E-state index contributed by atoms with van der Waals surface area (Å²) in [5.74, 6) is 0.0686. The summed E-state index contributed by atoms with van der Waals surface area (Å²) in [7, 11) is 1.61. The number of methoxy groups -OCH3 is 1. The van der Waals surface area contributed by atoms with E-state index in [0.717, 1.165) is 36.7 Å². The summed E-state index contributed by atoms with van der Waals surface area (Å²) >= 11 is 0. The van der Waals surface area contributed by atoms with Crippen molar-refractivity contribution in [1.82, 2.24) is 14.6 Å². The standard InChI is InChI=1S/C25H24F2N4O2/c1-15-24(20-9-8-17(26)12-21(20)27)25-28-23(30-10-4-6-18(30)14-32)13-22(31(25)29-15)16-5-3-7-19(11-16)33-2/h3,5,7-9,11-13,18,32H,4,6,10,14H2,1-2H3. The Kier molecular flexibility index (Phi) is 5.46. The highest BCUT2D eigenvalue weighted by atomic mass is 19.1. The van der Waals surface area contributed by atoms with Crippen LogP contribution in [-0.4, -0.2) is 46.0 Å². The van der Waals surface area contributed by atoms with Gasteiger partial charge in [0.05, 0.1) is 36.7 Å². The zero-order valence-electron chi connectivity index (χ0n) is 18.4. The number of ether oxygens (including phenoxy) is 1. The molecule has 0 saturated carbocycles. The van der Waals surface area contributed by atoms with E-state index >= 15 is 0 Å². The molecule has 0 radical (unpaired) electrons. The highest BCUT2D eigenvalue weighted by Crippen LogP contribution is 2.36. The lowest BCUT2D eigenvalue weighted by molar-refractivity contribution is 0.266. The summed E-state index contributed by atoms with van der Waals surface area (Å²) in [5.41, 5.74) is 3.42. The Labute approximate surface area is 190 Å². The van der Waals surface area contributed by atoms with Gasteiger partial charge in [0.25, 0.3) is 0 Å². The number of hydrogen-bond acceptors (Lipinski definition) is 5. The zero-order valence-corrected chi connectivity index (χ0v) is 18.4. The number of aliphatic hydroxyl groups excluding tert-OH is 1. The first-order valence-corrected chi connectivity index (χ1v) is 10.9. The van der Waals surface area contributed by atoms with E-state index < -0.39 is 11.6 Å². The van der Waals surface area contributed by atoms with Gasteiger partial charge in [0.2, 0.25) is 0 Å². The van der Waals surface area contributed by atoms with Crippen molar-refractivity contribution in [3.63, 3.8) is 0 Å². The van der Waals surface area contributed by atoms with Crippen molar-refractivity contribution in [2.75, 3.05) is 25.2 Å². The van der Waals surface area contributed by atoms with Gasteiger partial charge in [-0.3, -0.25) is 0 Å². The van der Waals surface area contributed by atoms with Crippen LogP contribution in [0.4, 0.5) is 14.6 Å². The molecule has 1 aliphatic rings. The van der Waals surface area contributed by atoms with Crippen LogP contribution in [-0.2, 0) is 0 Å². The third-order valence-corrected chi connectivity index (χ3v) is 6.20. The number of halogens is 2. The van der Waals surface area contributed by atoms with E-state index in [9.17, 15) is 13.9 Å².